The van der Waals surface area contributed by atoms with Gasteiger partial charge < -0.3 is 9.47 Å². The highest BCUT2D eigenvalue weighted by Gasteiger charge is 2.18. The second-order valence-corrected chi connectivity index (χ2v) is 6.20. The molecule has 3 heteroatoms. The van der Waals surface area contributed by atoms with Crippen LogP contribution in [0, 0.1) is 5.41 Å². The van der Waals surface area contributed by atoms with E-state index in [1.165, 1.54) is 0 Å². The number of hydrogen-bond acceptors (Lipinski definition) is 2. The Hall–Kier alpha value is -0.890. The van der Waals surface area contributed by atoms with E-state index < -0.39 is 0 Å². The molecule has 0 aliphatic heterocycles. The number of benzene rings is 1. The van der Waals surface area contributed by atoms with Gasteiger partial charge in [0, 0.05) is 11.6 Å². The summed E-state index contributed by atoms with van der Waals surface area (Å²) in [5.74, 6) is 1.58. The van der Waals surface area contributed by atoms with Gasteiger partial charge in [-0.25, -0.2) is 0 Å². The van der Waals surface area contributed by atoms with Crippen LogP contribution in [0.25, 0.3) is 0 Å². The fraction of sp³-hybridized carbons (Fsp3) is 0.600. The van der Waals surface area contributed by atoms with Gasteiger partial charge in [-0.05, 0) is 24.3 Å². The molecule has 0 saturated carbocycles. The van der Waals surface area contributed by atoms with E-state index in [2.05, 4.69) is 20.8 Å². The van der Waals surface area contributed by atoms with Crippen molar-refractivity contribution in [1.82, 2.24) is 0 Å². The first kappa shape index (κ1) is 15.2. The third-order valence-electron chi connectivity index (χ3n) is 2.93. The number of halogens is 1. The molecule has 0 saturated heterocycles. The fourth-order valence-corrected chi connectivity index (χ4v) is 2.08. The highest BCUT2D eigenvalue weighted by Crippen LogP contribution is 2.37. The number of hydrogen-bond donors (Lipinski definition) is 0. The lowest BCUT2D eigenvalue weighted by Gasteiger charge is -2.21. The zero-order valence-electron chi connectivity index (χ0n) is 11.9. The van der Waals surface area contributed by atoms with Crippen molar-refractivity contribution in [2.75, 3.05) is 14.2 Å². The minimum atomic E-state index is -0.0231. The summed E-state index contributed by atoms with van der Waals surface area (Å²) in [5, 5.41) is -0.0231. The summed E-state index contributed by atoms with van der Waals surface area (Å²) in [6.45, 7) is 6.67. The first-order chi connectivity index (χ1) is 8.37. The molecule has 0 heterocycles. The molecule has 0 fully saturated rings. The van der Waals surface area contributed by atoms with Gasteiger partial charge in [0.25, 0.3) is 0 Å². The minimum absolute atomic E-state index is 0.0231. The predicted molar refractivity (Wildman–Crippen MR) is 76.8 cm³/mol. The van der Waals surface area contributed by atoms with Crippen LogP contribution in [0.15, 0.2) is 18.2 Å². The molecule has 2 nitrogen and oxygen atoms in total. The Morgan fingerprint density at radius 2 is 1.83 bits per heavy atom. The second kappa shape index (κ2) is 6.33. The monoisotopic (exact) mass is 270 g/mol. The van der Waals surface area contributed by atoms with E-state index in [9.17, 15) is 0 Å². The van der Waals surface area contributed by atoms with Crippen LogP contribution < -0.4 is 9.47 Å². The lowest BCUT2D eigenvalue weighted by molar-refractivity contribution is 0.358. The molecule has 0 spiro atoms. The van der Waals surface area contributed by atoms with Crippen molar-refractivity contribution in [3.8, 4) is 11.5 Å². The molecule has 1 aromatic carbocycles. The molecule has 0 aliphatic rings. The summed E-state index contributed by atoms with van der Waals surface area (Å²) in [6, 6.07) is 5.78. The first-order valence-electron chi connectivity index (χ1n) is 6.23. The van der Waals surface area contributed by atoms with Gasteiger partial charge in [0.2, 0.25) is 0 Å². The Labute approximate surface area is 115 Å². The maximum Gasteiger partial charge on any atom is 0.127 e. The summed E-state index contributed by atoms with van der Waals surface area (Å²) < 4.78 is 10.6. The molecule has 0 amide bonds. The van der Waals surface area contributed by atoms with Gasteiger partial charge in [-0.1, -0.05) is 26.8 Å². The van der Waals surface area contributed by atoms with Crippen LogP contribution in [0.2, 0.25) is 0 Å². The van der Waals surface area contributed by atoms with Crippen molar-refractivity contribution in [2.24, 2.45) is 5.41 Å². The van der Waals surface area contributed by atoms with E-state index in [1.807, 2.05) is 18.2 Å². The van der Waals surface area contributed by atoms with Crippen molar-refractivity contribution < 1.29 is 9.47 Å². The number of methoxy groups -OCH3 is 2. The van der Waals surface area contributed by atoms with Crippen LogP contribution in [0.4, 0.5) is 0 Å². The smallest absolute Gasteiger partial charge is 0.127 e. The van der Waals surface area contributed by atoms with Gasteiger partial charge in [-0.2, -0.15) is 0 Å². The standard InChI is InChI=1S/C15H23ClO2/c1-15(2,3)9-8-13(16)12-7-6-11(17-4)10-14(12)18-5/h6-7,10,13H,8-9H2,1-5H3. The molecule has 0 radical (unpaired) electrons. The van der Waals surface area contributed by atoms with Crippen molar-refractivity contribution in [2.45, 2.75) is 39.0 Å². The Morgan fingerprint density at radius 3 is 2.33 bits per heavy atom. The quantitative estimate of drug-likeness (QED) is 0.715. The van der Waals surface area contributed by atoms with Crippen LogP contribution in [0.3, 0.4) is 0 Å². The van der Waals surface area contributed by atoms with Crippen LogP contribution in [0.5, 0.6) is 11.5 Å². The summed E-state index contributed by atoms with van der Waals surface area (Å²) in [5.41, 5.74) is 1.33. The van der Waals surface area contributed by atoms with E-state index in [4.69, 9.17) is 21.1 Å². The molecule has 0 bridgehead atoms. The molecular weight excluding hydrogens is 248 g/mol. The van der Waals surface area contributed by atoms with Crippen molar-refractivity contribution in [3.05, 3.63) is 23.8 Å². The molecular formula is C15H23ClO2. The molecule has 1 atom stereocenters. The largest absolute Gasteiger partial charge is 0.497 e. The Morgan fingerprint density at radius 1 is 1.17 bits per heavy atom. The highest BCUT2D eigenvalue weighted by molar-refractivity contribution is 6.21. The topological polar surface area (TPSA) is 18.5 Å². The SMILES string of the molecule is COc1ccc(C(Cl)CCC(C)(C)C)c(OC)c1. The zero-order valence-corrected chi connectivity index (χ0v) is 12.7. The Kier molecular flexibility index (Phi) is 5.33. The van der Waals surface area contributed by atoms with Gasteiger partial charge in [-0.15, -0.1) is 11.6 Å². The number of rotatable bonds is 5. The normalized spacial score (nSPS) is 13.2. The summed E-state index contributed by atoms with van der Waals surface area (Å²) in [7, 11) is 3.30. The minimum Gasteiger partial charge on any atom is -0.497 e. The maximum absolute atomic E-state index is 6.47. The van der Waals surface area contributed by atoms with Crippen molar-refractivity contribution in [3.63, 3.8) is 0 Å². The number of alkyl halides is 1. The molecule has 0 aromatic heterocycles. The van der Waals surface area contributed by atoms with Crippen LogP contribution >= 0.6 is 11.6 Å². The second-order valence-electron chi connectivity index (χ2n) is 5.67. The van der Waals surface area contributed by atoms with Crippen LogP contribution in [-0.2, 0) is 0 Å². The van der Waals surface area contributed by atoms with Crippen molar-refractivity contribution >= 4 is 11.6 Å². The molecule has 1 unspecified atom stereocenters. The summed E-state index contributed by atoms with van der Waals surface area (Å²) >= 11 is 6.47. The lowest BCUT2D eigenvalue weighted by Crippen LogP contribution is -2.06. The van der Waals surface area contributed by atoms with Gasteiger partial charge >= 0.3 is 0 Å². The van der Waals surface area contributed by atoms with E-state index >= 15 is 0 Å². The summed E-state index contributed by atoms with van der Waals surface area (Å²) in [6.07, 6.45) is 2.02. The van der Waals surface area contributed by atoms with Crippen LogP contribution in [0.1, 0.15) is 44.6 Å². The van der Waals surface area contributed by atoms with E-state index in [-0.39, 0.29) is 5.38 Å². The van der Waals surface area contributed by atoms with Gasteiger partial charge in [-0.3, -0.25) is 0 Å². The molecule has 0 N–H and O–H groups in total. The Bertz CT molecular complexity index is 383. The fourth-order valence-electron chi connectivity index (χ4n) is 1.79. The number of ether oxygens (including phenoxy) is 2. The highest BCUT2D eigenvalue weighted by atomic mass is 35.5. The van der Waals surface area contributed by atoms with E-state index in [0.29, 0.717) is 5.41 Å². The van der Waals surface area contributed by atoms with Gasteiger partial charge in [0.1, 0.15) is 11.5 Å². The zero-order chi connectivity index (χ0) is 13.8. The van der Waals surface area contributed by atoms with E-state index in [1.54, 1.807) is 14.2 Å². The van der Waals surface area contributed by atoms with Gasteiger partial charge in [0.05, 0.1) is 19.6 Å². The average Bonchev–Trinajstić information content (AvgIpc) is 2.34. The first-order valence-corrected chi connectivity index (χ1v) is 6.67. The van der Waals surface area contributed by atoms with E-state index in [0.717, 1.165) is 29.9 Å². The average molecular weight is 271 g/mol. The van der Waals surface area contributed by atoms with Gasteiger partial charge in [0.15, 0.2) is 0 Å². The molecule has 1 aromatic rings. The maximum atomic E-state index is 6.47. The van der Waals surface area contributed by atoms with Crippen molar-refractivity contribution in [1.29, 1.82) is 0 Å². The third-order valence-corrected chi connectivity index (χ3v) is 3.38. The molecule has 1 rings (SSSR count). The molecule has 18 heavy (non-hydrogen) atoms. The summed E-state index contributed by atoms with van der Waals surface area (Å²) in [4.78, 5) is 0. The lowest BCUT2D eigenvalue weighted by atomic mass is 9.88. The van der Waals surface area contributed by atoms with Crippen LogP contribution in [-0.4, -0.2) is 14.2 Å². The molecule has 0 aliphatic carbocycles. The third kappa shape index (κ3) is 4.41. The Balaban J connectivity index is 2.81. The molecule has 102 valence electrons. The predicted octanol–water partition coefficient (Wildman–Crippen LogP) is 4.81.